The minimum absolute atomic E-state index is 0.319. The Kier molecular flexibility index (Phi) is 3.69. The van der Waals surface area contributed by atoms with E-state index in [1.165, 1.54) is 18.2 Å². The Labute approximate surface area is 108 Å². The van der Waals surface area contributed by atoms with Crippen LogP contribution in [0.1, 0.15) is 21.5 Å². The molecule has 2 rings (SSSR count). The molecule has 0 aliphatic rings. The van der Waals surface area contributed by atoms with Gasteiger partial charge in [-0.15, -0.1) is 0 Å². The summed E-state index contributed by atoms with van der Waals surface area (Å²) < 4.78 is 37.0. The van der Waals surface area contributed by atoms with Crippen molar-refractivity contribution >= 4 is 5.78 Å². The molecule has 0 amide bonds. The Morgan fingerprint density at radius 1 is 0.895 bits per heavy atom. The minimum Gasteiger partial charge on any atom is -0.284 e. The van der Waals surface area contributed by atoms with Gasteiger partial charge < -0.3 is 0 Å². The van der Waals surface area contributed by atoms with Crippen molar-refractivity contribution in [3.8, 4) is 0 Å². The topological polar surface area (TPSA) is 17.1 Å². The Hall–Kier alpha value is -2.10. The molecule has 2 aromatic rings. The van der Waals surface area contributed by atoms with E-state index in [2.05, 4.69) is 0 Å². The van der Waals surface area contributed by atoms with Crippen LogP contribution in [0.3, 0.4) is 0 Å². The molecule has 0 unspecified atom stereocenters. The van der Waals surface area contributed by atoms with Crippen molar-refractivity contribution in [2.45, 2.75) is 12.6 Å². The standard InChI is InChI=1S/C15H11F3O/c16-15(17,18)14(19)13-8-4-7-12(10-13)9-11-5-2-1-3-6-11/h1-8,10H,9H2. The van der Waals surface area contributed by atoms with E-state index in [0.29, 0.717) is 12.0 Å². The van der Waals surface area contributed by atoms with E-state index in [1.54, 1.807) is 6.07 Å². The van der Waals surface area contributed by atoms with Gasteiger partial charge in [0.2, 0.25) is 0 Å². The fraction of sp³-hybridized carbons (Fsp3) is 0.133. The van der Waals surface area contributed by atoms with Crippen molar-refractivity contribution in [2.24, 2.45) is 0 Å². The number of carbonyl (C=O) groups is 1. The van der Waals surface area contributed by atoms with Gasteiger partial charge in [-0.1, -0.05) is 48.5 Å². The summed E-state index contributed by atoms with van der Waals surface area (Å²) in [5.41, 5.74) is 1.35. The maximum Gasteiger partial charge on any atom is 0.454 e. The van der Waals surface area contributed by atoms with E-state index < -0.39 is 12.0 Å². The summed E-state index contributed by atoms with van der Waals surface area (Å²) in [6, 6.07) is 15.0. The number of hydrogen-bond donors (Lipinski definition) is 0. The number of Topliss-reactive ketones (excluding diaryl/α,β-unsaturated/α-hetero) is 1. The van der Waals surface area contributed by atoms with Crippen LogP contribution in [-0.2, 0) is 6.42 Å². The third-order valence-corrected chi connectivity index (χ3v) is 2.70. The van der Waals surface area contributed by atoms with Crippen molar-refractivity contribution in [1.29, 1.82) is 0 Å². The molecule has 1 nitrogen and oxygen atoms in total. The molecule has 0 aliphatic carbocycles. The molecule has 0 aliphatic heterocycles. The quantitative estimate of drug-likeness (QED) is 0.765. The van der Waals surface area contributed by atoms with Crippen LogP contribution in [0.25, 0.3) is 0 Å². The largest absolute Gasteiger partial charge is 0.454 e. The Morgan fingerprint density at radius 3 is 2.16 bits per heavy atom. The molecular weight excluding hydrogens is 253 g/mol. The van der Waals surface area contributed by atoms with Crippen LogP contribution in [0.4, 0.5) is 13.2 Å². The highest BCUT2D eigenvalue weighted by Gasteiger charge is 2.39. The molecule has 19 heavy (non-hydrogen) atoms. The van der Waals surface area contributed by atoms with E-state index in [9.17, 15) is 18.0 Å². The third kappa shape index (κ3) is 3.44. The molecule has 0 fully saturated rings. The lowest BCUT2D eigenvalue weighted by molar-refractivity contribution is -0.0885. The number of ketones is 1. The van der Waals surface area contributed by atoms with Crippen LogP contribution in [0.2, 0.25) is 0 Å². The van der Waals surface area contributed by atoms with Crippen LogP contribution >= 0.6 is 0 Å². The SMILES string of the molecule is O=C(c1cccc(Cc2ccccc2)c1)C(F)(F)F. The van der Waals surface area contributed by atoms with Gasteiger partial charge in [-0.2, -0.15) is 13.2 Å². The monoisotopic (exact) mass is 264 g/mol. The van der Waals surface area contributed by atoms with Gasteiger partial charge >= 0.3 is 6.18 Å². The number of hydrogen-bond acceptors (Lipinski definition) is 1. The molecule has 98 valence electrons. The highest BCUT2D eigenvalue weighted by molar-refractivity contribution is 6.00. The van der Waals surface area contributed by atoms with Gasteiger partial charge in [0.15, 0.2) is 0 Å². The molecule has 0 heterocycles. The van der Waals surface area contributed by atoms with Crippen LogP contribution in [0.5, 0.6) is 0 Å². The molecule has 0 spiro atoms. The maximum atomic E-state index is 12.3. The van der Waals surface area contributed by atoms with Crippen LogP contribution in [0.15, 0.2) is 54.6 Å². The molecule has 0 saturated carbocycles. The van der Waals surface area contributed by atoms with Gasteiger partial charge in [0.25, 0.3) is 5.78 Å². The summed E-state index contributed by atoms with van der Waals surface area (Å²) in [6.45, 7) is 0. The zero-order chi connectivity index (χ0) is 13.9. The first-order valence-electron chi connectivity index (χ1n) is 5.71. The zero-order valence-corrected chi connectivity index (χ0v) is 9.95. The Bertz CT molecular complexity index is 573. The van der Waals surface area contributed by atoms with E-state index in [4.69, 9.17) is 0 Å². The normalized spacial score (nSPS) is 11.3. The molecule has 0 saturated heterocycles. The first-order valence-corrected chi connectivity index (χ1v) is 5.71. The highest BCUT2D eigenvalue weighted by Crippen LogP contribution is 2.22. The zero-order valence-electron chi connectivity index (χ0n) is 9.95. The van der Waals surface area contributed by atoms with Gasteiger partial charge in [0.1, 0.15) is 0 Å². The van der Waals surface area contributed by atoms with Gasteiger partial charge in [-0.05, 0) is 23.6 Å². The lowest BCUT2D eigenvalue weighted by atomic mass is 10.0. The second-order valence-electron chi connectivity index (χ2n) is 4.19. The predicted molar refractivity (Wildman–Crippen MR) is 66.1 cm³/mol. The second kappa shape index (κ2) is 5.26. The summed E-state index contributed by atoms with van der Waals surface area (Å²) in [5, 5.41) is 0. The van der Waals surface area contributed by atoms with Gasteiger partial charge in [-0.25, -0.2) is 0 Å². The van der Waals surface area contributed by atoms with Crippen molar-refractivity contribution in [1.82, 2.24) is 0 Å². The summed E-state index contributed by atoms with van der Waals surface area (Å²) >= 11 is 0. The molecular formula is C15H11F3O. The first kappa shape index (κ1) is 13.3. The summed E-state index contributed by atoms with van der Waals surface area (Å²) in [4.78, 5) is 11.1. The average Bonchev–Trinajstić information content (AvgIpc) is 2.38. The van der Waals surface area contributed by atoms with Crippen molar-refractivity contribution in [3.63, 3.8) is 0 Å². The van der Waals surface area contributed by atoms with Gasteiger partial charge in [0, 0.05) is 5.56 Å². The average molecular weight is 264 g/mol. The molecule has 0 atom stereocenters. The van der Waals surface area contributed by atoms with Crippen molar-refractivity contribution < 1.29 is 18.0 Å². The molecule has 0 N–H and O–H groups in total. The first-order chi connectivity index (χ1) is 8.97. The number of carbonyl (C=O) groups excluding carboxylic acids is 1. The number of rotatable bonds is 3. The fourth-order valence-corrected chi connectivity index (χ4v) is 1.82. The minimum atomic E-state index is -4.83. The van der Waals surface area contributed by atoms with Crippen LogP contribution in [-0.4, -0.2) is 12.0 Å². The van der Waals surface area contributed by atoms with E-state index in [-0.39, 0.29) is 5.56 Å². The van der Waals surface area contributed by atoms with E-state index in [1.807, 2.05) is 30.3 Å². The molecule has 0 bridgehead atoms. The second-order valence-corrected chi connectivity index (χ2v) is 4.19. The van der Waals surface area contributed by atoms with Crippen LogP contribution < -0.4 is 0 Å². The Balaban J connectivity index is 2.23. The third-order valence-electron chi connectivity index (χ3n) is 2.70. The van der Waals surface area contributed by atoms with Gasteiger partial charge in [-0.3, -0.25) is 4.79 Å². The number of halogens is 3. The maximum absolute atomic E-state index is 12.3. The smallest absolute Gasteiger partial charge is 0.284 e. The summed E-state index contributed by atoms with van der Waals surface area (Å²) in [6.07, 6.45) is -4.33. The number of benzene rings is 2. The van der Waals surface area contributed by atoms with Crippen LogP contribution in [0, 0.1) is 0 Å². The lowest BCUT2D eigenvalue weighted by Gasteiger charge is -2.07. The summed E-state index contributed by atoms with van der Waals surface area (Å²) in [7, 11) is 0. The number of alkyl halides is 3. The Morgan fingerprint density at radius 2 is 1.53 bits per heavy atom. The van der Waals surface area contributed by atoms with Crippen molar-refractivity contribution in [2.75, 3.05) is 0 Å². The van der Waals surface area contributed by atoms with E-state index in [0.717, 1.165) is 5.56 Å². The molecule has 2 aromatic carbocycles. The van der Waals surface area contributed by atoms with Gasteiger partial charge in [0.05, 0.1) is 0 Å². The lowest BCUT2D eigenvalue weighted by Crippen LogP contribution is -2.22. The molecule has 4 heteroatoms. The molecule has 0 radical (unpaired) electrons. The van der Waals surface area contributed by atoms with E-state index >= 15 is 0 Å². The fourth-order valence-electron chi connectivity index (χ4n) is 1.82. The van der Waals surface area contributed by atoms with Crippen molar-refractivity contribution in [3.05, 3.63) is 71.3 Å². The summed E-state index contributed by atoms with van der Waals surface area (Å²) in [5.74, 6) is -1.80. The predicted octanol–water partition coefficient (Wildman–Crippen LogP) is 4.02. The highest BCUT2D eigenvalue weighted by atomic mass is 19.4. The molecule has 0 aromatic heterocycles.